The van der Waals surface area contributed by atoms with E-state index in [0.717, 1.165) is 5.56 Å². The van der Waals surface area contributed by atoms with Gasteiger partial charge in [-0.1, -0.05) is 11.6 Å². The first-order valence-electron chi connectivity index (χ1n) is 8.80. The standard InChI is InChI=1S/C19H25ClN2O5/c1-4-27-19(24)22-9-7-14(8-10-22)21-17(23)6-5-13-11-15(20)18(26-3)16(12-13)25-2/h5-6,11-12,14H,4,7-10H2,1-3H3,(H,21,23)/b6-5+. The van der Waals surface area contributed by atoms with Crippen LogP contribution in [0.15, 0.2) is 18.2 Å². The molecule has 0 unspecified atom stereocenters. The Balaban J connectivity index is 1.89. The van der Waals surface area contributed by atoms with E-state index in [1.165, 1.54) is 20.3 Å². The number of carbonyl (C=O) groups excluding carboxylic acids is 2. The SMILES string of the molecule is CCOC(=O)N1CCC(NC(=O)/C=C/c2cc(Cl)c(OC)c(OC)c2)CC1. The van der Waals surface area contributed by atoms with Crippen LogP contribution in [0.25, 0.3) is 6.08 Å². The molecule has 148 valence electrons. The number of methoxy groups -OCH3 is 2. The van der Waals surface area contributed by atoms with Crippen molar-refractivity contribution >= 4 is 29.7 Å². The molecule has 1 N–H and O–H groups in total. The van der Waals surface area contributed by atoms with Crippen molar-refractivity contribution in [3.8, 4) is 11.5 Å². The number of ether oxygens (including phenoxy) is 3. The summed E-state index contributed by atoms with van der Waals surface area (Å²) in [4.78, 5) is 25.5. The zero-order chi connectivity index (χ0) is 19.8. The predicted octanol–water partition coefficient (Wildman–Crippen LogP) is 3.11. The maximum absolute atomic E-state index is 12.2. The molecular weight excluding hydrogens is 372 g/mol. The summed E-state index contributed by atoms with van der Waals surface area (Å²) in [6.45, 7) is 3.28. The Morgan fingerprint density at radius 1 is 1.26 bits per heavy atom. The van der Waals surface area contributed by atoms with Crippen molar-refractivity contribution in [2.75, 3.05) is 33.9 Å². The number of carbonyl (C=O) groups is 2. The summed E-state index contributed by atoms with van der Waals surface area (Å²) in [5, 5.41) is 3.36. The first-order chi connectivity index (χ1) is 13.0. The van der Waals surface area contributed by atoms with Crippen LogP contribution in [0.3, 0.4) is 0 Å². The second kappa shape index (κ2) is 10.1. The van der Waals surface area contributed by atoms with Gasteiger partial charge in [0.1, 0.15) is 0 Å². The third-order valence-electron chi connectivity index (χ3n) is 4.25. The molecule has 0 radical (unpaired) electrons. The Labute approximate surface area is 164 Å². The Kier molecular flexibility index (Phi) is 7.79. The van der Waals surface area contributed by atoms with E-state index < -0.39 is 0 Å². The van der Waals surface area contributed by atoms with Gasteiger partial charge in [-0.3, -0.25) is 4.79 Å². The quantitative estimate of drug-likeness (QED) is 0.747. The van der Waals surface area contributed by atoms with Crippen molar-refractivity contribution < 1.29 is 23.8 Å². The minimum Gasteiger partial charge on any atom is -0.493 e. The van der Waals surface area contributed by atoms with E-state index in [9.17, 15) is 9.59 Å². The monoisotopic (exact) mass is 396 g/mol. The number of rotatable bonds is 6. The largest absolute Gasteiger partial charge is 0.493 e. The molecule has 1 aromatic carbocycles. The zero-order valence-corrected chi connectivity index (χ0v) is 16.5. The fraction of sp³-hybridized carbons (Fsp3) is 0.474. The molecule has 1 saturated heterocycles. The van der Waals surface area contributed by atoms with Crippen molar-refractivity contribution in [3.63, 3.8) is 0 Å². The van der Waals surface area contributed by atoms with Gasteiger partial charge < -0.3 is 24.4 Å². The van der Waals surface area contributed by atoms with Gasteiger partial charge in [0.2, 0.25) is 5.91 Å². The van der Waals surface area contributed by atoms with Crippen LogP contribution in [0.5, 0.6) is 11.5 Å². The molecule has 0 bridgehead atoms. The molecule has 1 fully saturated rings. The van der Waals surface area contributed by atoms with E-state index in [0.29, 0.717) is 49.1 Å². The van der Waals surface area contributed by atoms with Crippen molar-refractivity contribution in [2.24, 2.45) is 0 Å². The van der Waals surface area contributed by atoms with Crippen LogP contribution in [-0.2, 0) is 9.53 Å². The lowest BCUT2D eigenvalue weighted by atomic mass is 10.1. The molecule has 2 amide bonds. The second-order valence-corrected chi connectivity index (χ2v) is 6.45. The van der Waals surface area contributed by atoms with E-state index in [-0.39, 0.29) is 18.0 Å². The highest BCUT2D eigenvalue weighted by Gasteiger charge is 2.24. The molecule has 1 aliphatic rings. The Morgan fingerprint density at radius 2 is 1.96 bits per heavy atom. The van der Waals surface area contributed by atoms with Crippen LogP contribution in [0.4, 0.5) is 4.79 Å². The topological polar surface area (TPSA) is 77.1 Å². The molecule has 1 aliphatic heterocycles. The highest BCUT2D eigenvalue weighted by Crippen LogP contribution is 2.36. The third-order valence-corrected chi connectivity index (χ3v) is 4.53. The van der Waals surface area contributed by atoms with Crippen LogP contribution >= 0.6 is 11.6 Å². The summed E-state index contributed by atoms with van der Waals surface area (Å²) in [5.74, 6) is 0.751. The third kappa shape index (κ3) is 5.79. The zero-order valence-electron chi connectivity index (χ0n) is 15.8. The number of hydrogen-bond donors (Lipinski definition) is 1. The highest BCUT2D eigenvalue weighted by atomic mass is 35.5. The fourth-order valence-corrected chi connectivity index (χ4v) is 3.17. The molecule has 0 aliphatic carbocycles. The van der Waals surface area contributed by atoms with Gasteiger partial charge in [-0.05, 0) is 43.5 Å². The van der Waals surface area contributed by atoms with E-state index in [2.05, 4.69) is 5.32 Å². The number of likely N-dealkylation sites (tertiary alicyclic amines) is 1. The molecule has 0 saturated carbocycles. The lowest BCUT2D eigenvalue weighted by Gasteiger charge is -2.31. The minimum atomic E-state index is -0.299. The Morgan fingerprint density at radius 3 is 2.56 bits per heavy atom. The molecular formula is C19H25ClN2O5. The van der Waals surface area contributed by atoms with Gasteiger partial charge in [0, 0.05) is 25.2 Å². The van der Waals surface area contributed by atoms with Crippen LogP contribution < -0.4 is 14.8 Å². The number of halogens is 1. The lowest BCUT2D eigenvalue weighted by Crippen LogP contribution is -2.46. The molecule has 0 aromatic heterocycles. The van der Waals surface area contributed by atoms with Crippen molar-refractivity contribution in [1.82, 2.24) is 10.2 Å². The number of benzene rings is 1. The first kappa shape index (κ1) is 20.9. The number of amides is 2. The summed E-state index contributed by atoms with van der Waals surface area (Å²) < 4.78 is 15.4. The molecule has 1 heterocycles. The minimum absolute atomic E-state index is 0.0295. The summed E-state index contributed by atoms with van der Waals surface area (Å²) >= 11 is 6.16. The number of hydrogen-bond acceptors (Lipinski definition) is 5. The van der Waals surface area contributed by atoms with E-state index in [4.69, 9.17) is 25.8 Å². The molecule has 0 atom stereocenters. The van der Waals surface area contributed by atoms with Crippen molar-refractivity contribution in [2.45, 2.75) is 25.8 Å². The van der Waals surface area contributed by atoms with E-state index in [1.807, 2.05) is 0 Å². The maximum Gasteiger partial charge on any atom is 0.409 e. The van der Waals surface area contributed by atoms with Gasteiger partial charge in [-0.2, -0.15) is 0 Å². The smallest absolute Gasteiger partial charge is 0.409 e. The number of piperidine rings is 1. The van der Waals surface area contributed by atoms with Crippen LogP contribution in [0.2, 0.25) is 5.02 Å². The summed E-state index contributed by atoms with van der Waals surface area (Å²) in [6, 6.07) is 3.47. The summed E-state index contributed by atoms with van der Waals surface area (Å²) in [5.41, 5.74) is 0.727. The molecule has 7 nitrogen and oxygen atoms in total. The molecule has 2 rings (SSSR count). The summed E-state index contributed by atoms with van der Waals surface area (Å²) in [7, 11) is 3.04. The van der Waals surface area contributed by atoms with Crippen LogP contribution in [0, 0.1) is 0 Å². The highest BCUT2D eigenvalue weighted by molar-refractivity contribution is 6.32. The molecule has 0 spiro atoms. The van der Waals surface area contributed by atoms with Gasteiger partial charge in [0.05, 0.1) is 25.8 Å². The average molecular weight is 397 g/mol. The Bertz CT molecular complexity index is 700. The molecule has 8 heteroatoms. The predicted molar refractivity (Wildman–Crippen MR) is 103 cm³/mol. The van der Waals surface area contributed by atoms with Gasteiger partial charge in [-0.15, -0.1) is 0 Å². The Hall–Kier alpha value is -2.41. The molecule has 1 aromatic rings. The average Bonchev–Trinajstić information content (AvgIpc) is 2.66. The fourth-order valence-electron chi connectivity index (χ4n) is 2.88. The second-order valence-electron chi connectivity index (χ2n) is 6.04. The number of nitrogens with one attached hydrogen (secondary N) is 1. The number of nitrogens with zero attached hydrogens (tertiary/aromatic N) is 1. The lowest BCUT2D eigenvalue weighted by molar-refractivity contribution is -0.117. The van der Waals surface area contributed by atoms with Gasteiger partial charge in [-0.25, -0.2) is 4.79 Å². The van der Waals surface area contributed by atoms with Gasteiger partial charge >= 0.3 is 6.09 Å². The van der Waals surface area contributed by atoms with Gasteiger partial charge in [0.25, 0.3) is 0 Å². The van der Waals surface area contributed by atoms with Gasteiger partial charge in [0.15, 0.2) is 11.5 Å². The van der Waals surface area contributed by atoms with Crippen molar-refractivity contribution in [3.05, 3.63) is 28.8 Å². The van der Waals surface area contributed by atoms with E-state index in [1.54, 1.807) is 30.0 Å². The normalized spacial score (nSPS) is 14.9. The maximum atomic E-state index is 12.2. The van der Waals surface area contributed by atoms with Crippen molar-refractivity contribution in [1.29, 1.82) is 0 Å². The summed E-state index contributed by atoms with van der Waals surface area (Å²) in [6.07, 6.45) is 4.21. The first-order valence-corrected chi connectivity index (χ1v) is 9.18. The molecule has 27 heavy (non-hydrogen) atoms. The van der Waals surface area contributed by atoms with Crippen LogP contribution in [0.1, 0.15) is 25.3 Å². The van der Waals surface area contributed by atoms with Crippen LogP contribution in [-0.4, -0.2) is 56.9 Å². The van der Waals surface area contributed by atoms with E-state index >= 15 is 0 Å².